The lowest BCUT2D eigenvalue weighted by molar-refractivity contribution is 0.474. The maximum atomic E-state index is 9.80. The fourth-order valence-corrected chi connectivity index (χ4v) is 3.65. The van der Waals surface area contributed by atoms with Crippen molar-refractivity contribution in [3.63, 3.8) is 0 Å². The fourth-order valence-electron chi connectivity index (χ4n) is 3.39. The van der Waals surface area contributed by atoms with Crippen LogP contribution in [0.25, 0.3) is 11.3 Å². The molecule has 3 nitrogen and oxygen atoms in total. The van der Waals surface area contributed by atoms with Crippen molar-refractivity contribution in [1.82, 2.24) is 9.78 Å². The molecule has 0 saturated heterocycles. The van der Waals surface area contributed by atoms with Crippen LogP contribution in [0.5, 0.6) is 5.75 Å². The van der Waals surface area contributed by atoms with E-state index < -0.39 is 0 Å². The summed E-state index contributed by atoms with van der Waals surface area (Å²) < 4.78 is 2.79. The molecule has 0 unspecified atom stereocenters. The summed E-state index contributed by atoms with van der Waals surface area (Å²) in [6.07, 6.45) is 11.5. The van der Waals surface area contributed by atoms with Crippen LogP contribution in [0.15, 0.2) is 84.0 Å². The van der Waals surface area contributed by atoms with E-state index in [1.54, 1.807) is 18.3 Å². The van der Waals surface area contributed by atoms with Crippen molar-refractivity contribution in [3.8, 4) is 5.75 Å². The molecule has 0 atom stereocenters. The Morgan fingerprint density at radius 2 is 1.33 bits per heavy atom. The van der Waals surface area contributed by atoms with E-state index in [1.807, 2.05) is 50.6 Å². The van der Waals surface area contributed by atoms with Crippen molar-refractivity contribution < 1.29 is 5.11 Å². The normalized spacial score (nSPS) is 10.2. The quantitative estimate of drug-likeness (QED) is 0.160. The molecule has 0 radical (unpaired) electrons. The van der Waals surface area contributed by atoms with Gasteiger partial charge in [0.25, 0.3) is 0 Å². The van der Waals surface area contributed by atoms with Crippen LogP contribution in [-0.4, -0.2) is 14.9 Å². The number of hydrogen-bond acceptors (Lipinski definition) is 2. The van der Waals surface area contributed by atoms with Gasteiger partial charge in [-0.2, -0.15) is 5.10 Å². The molecule has 39 heavy (non-hydrogen) atoms. The van der Waals surface area contributed by atoms with Gasteiger partial charge in [0.1, 0.15) is 5.75 Å². The Morgan fingerprint density at radius 3 is 1.69 bits per heavy atom. The second-order valence-electron chi connectivity index (χ2n) is 9.76. The molecular formula is C35H51BrN2O. The zero-order valence-corrected chi connectivity index (χ0v) is 27.2. The van der Waals surface area contributed by atoms with Gasteiger partial charge in [-0.1, -0.05) is 108 Å². The highest BCUT2D eigenvalue weighted by atomic mass is 79.9. The summed E-state index contributed by atoms with van der Waals surface area (Å²) in [6.45, 7) is 24.3. The number of rotatable bonds is 8. The topological polar surface area (TPSA) is 38.0 Å². The second kappa shape index (κ2) is 21.0. The Hall–Kier alpha value is -2.85. The number of benzene rings is 2. The van der Waals surface area contributed by atoms with Crippen molar-refractivity contribution in [2.45, 2.75) is 93.9 Å². The number of aryl methyl sites for hydroxylation is 2. The average Bonchev–Trinajstić information content (AvgIpc) is 3.26. The second-order valence-corrected chi connectivity index (χ2v) is 10.6. The molecule has 0 bridgehead atoms. The van der Waals surface area contributed by atoms with E-state index >= 15 is 0 Å². The van der Waals surface area contributed by atoms with Gasteiger partial charge in [-0.15, -0.1) is 6.58 Å². The number of halogens is 1. The monoisotopic (exact) mass is 594 g/mol. The molecule has 214 valence electrons. The minimum absolute atomic E-state index is 0.231. The maximum absolute atomic E-state index is 9.80. The van der Waals surface area contributed by atoms with Crippen molar-refractivity contribution in [2.75, 3.05) is 0 Å². The van der Waals surface area contributed by atoms with E-state index in [-0.39, 0.29) is 5.75 Å². The molecule has 0 aliphatic rings. The lowest BCUT2D eigenvalue weighted by atomic mass is 10.1. The lowest BCUT2D eigenvalue weighted by Crippen LogP contribution is -1.98. The summed E-state index contributed by atoms with van der Waals surface area (Å²) in [7, 11) is 0. The van der Waals surface area contributed by atoms with E-state index in [1.165, 1.54) is 42.4 Å². The molecule has 3 rings (SSSR count). The third kappa shape index (κ3) is 15.4. The van der Waals surface area contributed by atoms with Gasteiger partial charge in [-0.05, 0) is 85.3 Å². The molecule has 3 aromatic rings. The van der Waals surface area contributed by atoms with Crippen LogP contribution >= 0.6 is 15.9 Å². The SMILES string of the molecule is C=C(/C=C(/C)n1ncc(Br)c1C)c1ccccc1O.C=C(C)C.CCCCCC.CCc1ccc(CC)cc1. The predicted octanol–water partition coefficient (Wildman–Crippen LogP) is 11.2. The number of para-hydroxylation sites is 1. The molecule has 0 aliphatic heterocycles. The number of allylic oxidation sites excluding steroid dienone is 4. The molecule has 4 heteroatoms. The third-order valence-electron chi connectivity index (χ3n) is 5.71. The Labute approximate surface area is 247 Å². The number of unbranched alkanes of at least 4 members (excludes halogenated alkanes) is 3. The molecular weight excluding hydrogens is 544 g/mol. The zero-order chi connectivity index (χ0) is 29.8. The summed E-state index contributed by atoms with van der Waals surface area (Å²) in [5.41, 5.74) is 7.47. The Kier molecular flexibility index (Phi) is 19.5. The van der Waals surface area contributed by atoms with Crippen molar-refractivity contribution in [1.29, 1.82) is 0 Å². The van der Waals surface area contributed by atoms with Gasteiger partial charge < -0.3 is 5.11 Å². The molecule has 1 aromatic heterocycles. The maximum Gasteiger partial charge on any atom is 0.123 e. The van der Waals surface area contributed by atoms with Crippen LogP contribution in [0.3, 0.4) is 0 Å². The first kappa shape index (κ1) is 36.1. The molecule has 0 aliphatic carbocycles. The molecule has 0 fully saturated rings. The van der Waals surface area contributed by atoms with E-state index in [2.05, 4.69) is 86.1 Å². The standard InChI is InChI=1S/C15H15BrN2O.C10H14.C6H14.C4H8/c1-10(13-6-4-5-7-15(13)19)8-11(2)18-12(3)14(16)9-17-18;1-3-9-5-7-10(4-2)8-6-9;1-3-5-6-4-2;1-4(2)3/h4-9,19H,1H2,2-3H3;5-8H,3-4H2,1-2H3;3-6H2,1-2H3;1H2,2-3H3/b11-8-;;;. The molecule has 1 heterocycles. The van der Waals surface area contributed by atoms with Crippen LogP contribution in [-0.2, 0) is 12.8 Å². The minimum atomic E-state index is 0.231. The van der Waals surface area contributed by atoms with Crippen LogP contribution < -0.4 is 0 Å². The first-order valence-electron chi connectivity index (χ1n) is 14.1. The minimum Gasteiger partial charge on any atom is -0.507 e. The summed E-state index contributed by atoms with van der Waals surface area (Å²) in [6, 6.07) is 16.0. The lowest BCUT2D eigenvalue weighted by Gasteiger charge is -2.08. The van der Waals surface area contributed by atoms with Crippen LogP contribution in [0.1, 0.15) is 96.5 Å². The van der Waals surface area contributed by atoms with Crippen molar-refractivity contribution >= 4 is 27.2 Å². The average molecular weight is 596 g/mol. The van der Waals surface area contributed by atoms with Gasteiger partial charge >= 0.3 is 0 Å². The Morgan fingerprint density at radius 1 is 0.872 bits per heavy atom. The molecule has 1 N–H and O–H groups in total. The van der Waals surface area contributed by atoms with E-state index in [9.17, 15) is 5.11 Å². The number of phenols is 1. The van der Waals surface area contributed by atoms with Gasteiger partial charge in [0.05, 0.1) is 16.4 Å². The summed E-state index contributed by atoms with van der Waals surface area (Å²) >= 11 is 3.43. The fraction of sp³-hybridized carbons (Fsp3) is 0.400. The Bertz CT molecular complexity index is 1110. The zero-order valence-electron chi connectivity index (χ0n) is 25.6. The molecule has 0 amide bonds. The van der Waals surface area contributed by atoms with Crippen molar-refractivity contribution in [2.24, 2.45) is 0 Å². The highest BCUT2D eigenvalue weighted by Crippen LogP contribution is 2.26. The van der Waals surface area contributed by atoms with Crippen LogP contribution in [0.4, 0.5) is 0 Å². The van der Waals surface area contributed by atoms with Gasteiger partial charge in [0, 0.05) is 11.3 Å². The van der Waals surface area contributed by atoms with E-state index in [4.69, 9.17) is 0 Å². The largest absolute Gasteiger partial charge is 0.507 e. The first-order chi connectivity index (χ1) is 18.5. The summed E-state index contributed by atoms with van der Waals surface area (Å²) in [5, 5.41) is 14.1. The van der Waals surface area contributed by atoms with Gasteiger partial charge in [-0.3, -0.25) is 0 Å². The van der Waals surface area contributed by atoms with E-state index in [0.29, 0.717) is 0 Å². The smallest absolute Gasteiger partial charge is 0.123 e. The van der Waals surface area contributed by atoms with Gasteiger partial charge in [0.2, 0.25) is 0 Å². The van der Waals surface area contributed by atoms with Gasteiger partial charge in [-0.25, -0.2) is 4.68 Å². The summed E-state index contributed by atoms with van der Waals surface area (Å²) in [5.74, 6) is 0.231. The number of phenolic OH excluding ortho intramolecular Hbond substituents is 1. The predicted molar refractivity (Wildman–Crippen MR) is 177 cm³/mol. The first-order valence-corrected chi connectivity index (χ1v) is 14.9. The van der Waals surface area contributed by atoms with Crippen LogP contribution in [0, 0.1) is 6.92 Å². The summed E-state index contributed by atoms with van der Waals surface area (Å²) in [4.78, 5) is 0. The van der Waals surface area contributed by atoms with E-state index in [0.717, 1.165) is 39.8 Å². The number of aromatic nitrogens is 2. The molecule has 2 aromatic carbocycles. The number of nitrogens with zero attached hydrogens (tertiary/aromatic N) is 2. The number of aromatic hydroxyl groups is 1. The van der Waals surface area contributed by atoms with Gasteiger partial charge in [0.15, 0.2) is 0 Å². The molecule has 0 saturated carbocycles. The Balaban J connectivity index is 0.000000601. The highest BCUT2D eigenvalue weighted by molar-refractivity contribution is 9.10. The highest BCUT2D eigenvalue weighted by Gasteiger charge is 2.07. The van der Waals surface area contributed by atoms with Crippen LogP contribution in [0.2, 0.25) is 0 Å². The molecule has 0 spiro atoms. The third-order valence-corrected chi connectivity index (χ3v) is 6.49. The number of hydrogen-bond donors (Lipinski definition) is 1. The van der Waals surface area contributed by atoms with Crippen molar-refractivity contribution in [3.05, 3.63) is 106 Å².